The number of fused-ring (bicyclic) bond motifs is 1. The second kappa shape index (κ2) is 9.23. The molecular weight excluding hydrogens is 444 g/mol. The molecule has 1 aromatic heterocycles. The molecule has 1 saturated heterocycles. The van der Waals surface area contributed by atoms with Gasteiger partial charge in [0.2, 0.25) is 10.0 Å². The molecular formula is C21H23F2N3O3S2. The predicted octanol–water partition coefficient (Wildman–Crippen LogP) is 4.04. The molecule has 0 saturated carbocycles. The van der Waals surface area contributed by atoms with Crippen LogP contribution in [0.25, 0.3) is 11.0 Å². The van der Waals surface area contributed by atoms with Crippen LogP contribution in [0, 0.1) is 11.6 Å². The van der Waals surface area contributed by atoms with Crippen molar-refractivity contribution in [1.82, 2.24) is 13.9 Å². The van der Waals surface area contributed by atoms with Gasteiger partial charge in [0.25, 0.3) is 0 Å². The first kappa shape index (κ1) is 22.2. The standard InChI is InChI=1S/C21H23F2N3O3S2/c1-2-5-26-20-4-3-18(31(27,28)25-6-8-29-9-7-25)13-19(20)24-21(26)30-14-15-10-16(22)12-17(23)11-15/h3-4,10-13H,2,5-9,14H2,1H3. The lowest BCUT2D eigenvalue weighted by Crippen LogP contribution is -2.40. The molecule has 0 amide bonds. The average molecular weight is 468 g/mol. The zero-order valence-corrected chi connectivity index (χ0v) is 18.7. The van der Waals surface area contributed by atoms with E-state index in [1.54, 1.807) is 18.2 Å². The van der Waals surface area contributed by atoms with Gasteiger partial charge in [0.05, 0.1) is 29.1 Å². The van der Waals surface area contributed by atoms with Gasteiger partial charge in [-0.1, -0.05) is 18.7 Å². The van der Waals surface area contributed by atoms with E-state index in [9.17, 15) is 17.2 Å². The van der Waals surface area contributed by atoms with Crippen LogP contribution in [0.3, 0.4) is 0 Å². The highest BCUT2D eigenvalue weighted by molar-refractivity contribution is 7.98. The Balaban J connectivity index is 1.65. The van der Waals surface area contributed by atoms with Crippen molar-refractivity contribution in [2.45, 2.75) is 35.7 Å². The molecule has 3 aromatic rings. The van der Waals surface area contributed by atoms with Crippen molar-refractivity contribution >= 4 is 32.8 Å². The number of sulfonamides is 1. The fourth-order valence-electron chi connectivity index (χ4n) is 3.58. The van der Waals surface area contributed by atoms with E-state index in [2.05, 4.69) is 4.98 Å². The lowest BCUT2D eigenvalue weighted by molar-refractivity contribution is 0.0730. The van der Waals surface area contributed by atoms with Crippen LogP contribution in [-0.2, 0) is 27.1 Å². The Bertz CT molecular complexity index is 1170. The number of halogens is 2. The third-order valence-electron chi connectivity index (χ3n) is 5.03. The maximum Gasteiger partial charge on any atom is 0.243 e. The van der Waals surface area contributed by atoms with Gasteiger partial charge in [-0.05, 0) is 42.3 Å². The number of morpholine rings is 1. The van der Waals surface area contributed by atoms with E-state index >= 15 is 0 Å². The molecule has 0 atom stereocenters. The number of ether oxygens (including phenoxy) is 1. The minimum Gasteiger partial charge on any atom is -0.379 e. The predicted molar refractivity (Wildman–Crippen MR) is 116 cm³/mol. The zero-order chi connectivity index (χ0) is 22.0. The van der Waals surface area contributed by atoms with Gasteiger partial charge < -0.3 is 9.30 Å². The Kier molecular flexibility index (Phi) is 6.61. The molecule has 4 rings (SSSR count). The number of thioether (sulfide) groups is 1. The molecule has 0 radical (unpaired) electrons. The zero-order valence-electron chi connectivity index (χ0n) is 17.1. The van der Waals surface area contributed by atoms with Crippen LogP contribution in [0.15, 0.2) is 46.5 Å². The second-order valence-electron chi connectivity index (χ2n) is 7.28. The molecule has 10 heteroatoms. The summed E-state index contributed by atoms with van der Waals surface area (Å²) in [7, 11) is -3.62. The minimum atomic E-state index is -3.62. The first-order chi connectivity index (χ1) is 14.9. The molecule has 166 valence electrons. The van der Waals surface area contributed by atoms with E-state index in [4.69, 9.17) is 4.74 Å². The van der Waals surface area contributed by atoms with E-state index in [0.717, 1.165) is 18.0 Å². The van der Waals surface area contributed by atoms with E-state index in [-0.39, 0.29) is 4.90 Å². The molecule has 0 spiro atoms. The van der Waals surface area contributed by atoms with Crippen LogP contribution in [0.4, 0.5) is 8.78 Å². The molecule has 0 N–H and O–H groups in total. The van der Waals surface area contributed by atoms with Crippen LogP contribution in [-0.4, -0.2) is 48.6 Å². The Morgan fingerprint density at radius 1 is 1.10 bits per heavy atom. The van der Waals surface area contributed by atoms with Gasteiger partial charge in [-0.3, -0.25) is 0 Å². The quantitative estimate of drug-likeness (QED) is 0.491. The van der Waals surface area contributed by atoms with E-state index in [1.807, 2.05) is 11.5 Å². The van der Waals surface area contributed by atoms with Crippen molar-refractivity contribution < 1.29 is 21.9 Å². The van der Waals surface area contributed by atoms with Crippen LogP contribution >= 0.6 is 11.8 Å². The molecule has 31 heavy (non-hydrogen) atoms. The van der Waals surface area contributed by atoms with Crippen molar-refractivity contribution in [3.63, 3.8) is 0 Å². The molecule has 6 nitrogen and oxygen atoms in total. The summed E-state index contributed by atoms with van der Waals surface area (Å²) in [4.78, 5) is 4.84. The first-order valence-electron chi connectivity index (χ1n) is 10.0. The highest BCUT2D eigenvalue weighted by atomic mass is 32.2. The van der Waals surface area contributed by atoms with Crippen LogP contribution in [0.2, 0.25) is 0 Å². The monoisotopic (exact) mass is 467 g/mol. The maximum atomic E-state index is 13.5. The number of rotatable bonds is 7. The van der Waals surface area contributed by atoms with Gasteiger partial charge >= 0.3 is 0 Å². The summed E-state index contributed by atoms with van der Waals surface area (Å²) >= 11 is 1.37. The summed E-state index contributed by atoms with van der Waals surface area (Å²) in [5, 5.41) is 0.683. The third kappa shape index (κ3) is 4.77. The number of nitrogens with zero attached hydrogens (tertiary/aromatic N) is 3. The Morgan fingerprint density at radius 2 is 1.81 bits per heavy atom. The van der Waals surface area contributed by atoms with Crippen LogP contribution < -0.4 is 0 Å². The number of hydrogen-bond acceptors (Lipinski definition) is 5. The lowest BCUT2D eigenvalue weighted by atomic mass is 10.2. The van der Waals surface area contributed by atoms with E-state index < -0.39 is 21.7 Å². The summed E-state index contributed by atoms with van der Waals surface area (Å²) in [6, 6.07) is 8.43. The third-order valence-corrected chi connectivity index (χ3v) is 7.97. The van der Waals surface area contributed by atoms with Gasteiger partial charge in [0, 0.05) is 31.5 Å². The lowest BCUT2D eigenvalue weighted by Gasteiger charge is -2.26. The Labute approximate surface area is 184 Å². The van der Waals surface area contributed by atoms with Gasteiger partial charge in [0.15, 0.2) is 5.16 Å². The van der Waals surface area contributed by atoms with Gasteiger partial charge in [-0.15, -0.1) is 0 Å². The van der Waals surface area contributed by atoms with Crippen molar-refractivity contribution in [3.05, 3.63) is 53.6 Å². The molecule has 2 heterocycles. The highest BCUT2D eigenvalue weighted by Crippen LogP contribution is 2.30. The number of aromatic nitrogens is 2. The van der Waals surface area contributed by atoms with Gasteiger partial charge in [-0.2, -0.15) is 4.31 Å². The van der Waals surface area contributed by atoms with Crippen molar-refractivity contribution in [2.24, 2.45) is 0 Å². The van der Waals surface area contributed by atoms with Crippen molar-refractivity contribution in [3.8, 4) is 0 Å². The molecule has 0 bridgehead atoms. The molecule has 1 aliphatic rings. The molecule has 0 unspecified atom stereocenters. The average Bonchev–Trinajstić information content (AvgIpc) is 3.09. The highest BCUT2D eigenvalue weighted by Gasteiger charge is 2.27. The fraction of sp³-hybridized carbons (Fsp3) is 0.381. The Hall–Kier alpha value is -2.01. The smallest absolute Gasteiger partial charge is 0.243 e. The maximum absolute atomic E-state index is 13.5. The van der Waals surface area contributed by atoms with Crippen LogP contribution in [0.1, 0.15) is 18.9 Å². The summed E-state index contributed by atoms with van der Waals surface area (Å²) in [6.45, 7) is 4.17. The first-order valence-corrected chi connectivity index (χ1v) is 12.5. The van der Waals surface area contributed by atoms with Gasteiger partial charge in [-0.25, -0.2) is 22.2 Å². The number of benzene rings is 2. The summed E-state index contributed by atoms with van der Waals surface area (Å²) in [5.74, 6) is -0.882. The topological polar surface area (TPSA) is 64.4 Å². The van der Waals surface area contributed by atoms with Crippen molar-refractivity contribution in [1.29, 1.82) is 0 Å². The fourth-order valence-corrected chi connectivity index (χ4v) is 5.98. The van der Waals surface area contributed by atoms with Gasteiger partial charge in [0.1, 0.15) is 11.6 Å². The summed E-state index contributed by atoms with van der Waals surface area (Å²) in [6.07, 6.45) is 0.863. The van der Waals surface area contributed by atoms with Crippen molar-refractivity contribution in [2.75, 3.05) is 26.3 Å². The molecule has 1 fully saturated rings. The van der Waals surface area contributed by atoms with E-state index in [1.165, 1.54) is 28.2 Å². The number of imidazole rings is 1. The van der Waals surface area contributed by atoms with Crippen LogP contribution in [0.5, 0.6) is 0 Å². The molecule has 1 aliphatic heterocycles. The second-order valence-corrected chi connectivity index (χ2v) is 10.2. The largest absolute Gasteiger partial charge is 0.379 e. The molecule has 2 aromatic carbocycles. The summed E-state index contributed by atoms with van der Waals surface area (Å²) in [5.41, 5.74) is 1.93. The van der Waals surface area contributed by atoms with E-state index in [0.29, 0.717) is 54.8 Å². The summed E-state index contributed by atoms with van der Waals surface area (Å²) < 4.78 is 61.6. The normalized spacial score (nSPS) is 15.6. The minimum absolute atomic E-state index is 0.201. The number of aryl methyl sites for hydroxylation is 1. The Morgan fingerprint density at radius 3 is 2.48 bits per heavy atom. The molecule has 0 aliphatic carbocycles. The number of hydrogen-bond donors (Lipinski definition) is 0. The SMILES string of the molecule is CCCn1c(SCc2cc(F)cc(F)c2)nc2cc(S(=O)(=O)N3CCOCC3)ccc21.